The molecule has 1 rings (SSSR count). The summed E-state index contributed by atoms with van der Waals surface area (Å²) in [5.74, 6) is 0. The van der Waals surface area contributed by atoms with Crippen LogP contribution in [0, 0.1) is 0 Å². The van der Waals surface area contributed by atoms with Crippen LogP contribution >= 0.6 is 0 Å². The van der Waals surface area contributed by atoms with Crippen molar-refractivity contribution in [2.75, 3.05) is 20.2 Å². The Morgan fingerprint density at radius 1 is 1.88 bits per heavy atom. The highest BCUT2D eigenvalue weighted by atomic mass is 16.3. The van der Waals surface area contributed by atoms with Crippen LogP contribution in [-0.4, -0.2) is 36.2 Å². The molecule has 0 spiro atoms. The molecule has 0 fully saturated rings. The summed E-state index contributed by atoms with van der Waals surface area (Å²) >= 11 is 0. The van der Waals surface area contributed by atoms with Crippen LogP contribution < -0.4 is 0 Å². The van der Waals surface area contributed by atoms with Crippen molar-refractivity contribution in [3.63, 3.8) is 0 Å². The predicted octanol–water partition coefficient (Wildman–Crippen LogP) is -0.151. The van der Waals surface area contributed by atoms with E-state index in [0.717, 1.165) is 6.54 Å². The van der Waals surface area contributed by atoms with Gasteiger partial charge in [0.05, 0.1) is 12.6 Å². The van der Waals surface area contributed by atoms with Gasteiger partial charge in [-0.1, -0.05) is 12.2 Å². The van der Waals surface area contributed by atoms with Gasteiger partial charge in [-0.25, -0.2) is 0 Å². The van der Waals surface area contributed by atoms with Crippen molar-refractivity contribution < 1.29 is 5.11 Å². The lowest BCUT2D eigenvalue weighted by Crippen LogP contribution is -2.28. The summed E-state index contributed by atoms with van der Waals surface area (Å²) in [4.78, 5) is 2.10. The zero-order valence-corrected chi connectivity index (χ0v) is 5.04. The van der Waals surface area contributed by atoms with Gasteiger partial charge < -0.3 is 5.11 Å². The van der Waals surface area contributed by atoms with Gasteiger partial charge >= 0.3 is 0 Å². The Bertz CT molecular complexity index is 101. The number of aliphatic hydroxyl groups is 1. The smallest absolute Gasteiger partial charge is 0.0622 e. The Morgan fingerprint density at radius 2 is 2.62 bits per heavy atom. The third kappa shape index (κ3) is 0.904. The highest BCUT2D eigenvalue weighted by Gasteiger charge is 2.12. The van der Waals surface area contributed by atoms with Gasteiger partial charge in [0, 0.05) is 6.54 Å². The quantitative estimate of drug-likeness (QED) is 0.478. The maximum atomic E-state index is 8.64. The topological polar surface area (TPSA) is 23.5 Å². The van der Waals surface area contributed by atoms with Gasteiger partial charge in [-0.2, -0.15) is 0 Å². The van der Waals surface area contributed by atoms with Crippen LogP contribution in [0.2, 0.25) is 0 Å². The van der Waals surface area contributed by atoms with E-state index >= 15 is 0 Å². The minimum Gasteiger partial charge on any atom is -0.394 e. The highest BCUT2D eigenvalue weighted by molar-refractivity contribution is 5.02. The van der Waals surface area contributed by atoms with Gasteiger partial charge in [0.2, 0.25) is 0 Å². The van der Waals surface area contributed by atoms with Gasteiger partial charge in [0.25, 0.3) is 0 Å². The lowest BCUT2D eigenvalue weighted by molar-refractivity contribution is 0.199. The van der Waals surface area contributed by atoms with Crippen LogP contribution in [0.5, 0.6) is 0 Å². The van der Waals surface area contributed by atoms with Gasteiger partial charge in [-0.15, -0.1) is 0 Å². The van der Waals surface area contributed by atoms with E-state index in [-0.39, 0.29) is 12.6 Å². The summed E-state index contributed by atoms with van der Waals surface area (Å²) in [6, 6.07) is 0.273. The number of nitrogens with zero attached hydrogens (tertiary/aromatic N) is 1. The molecule has 1 N–H and O–H groups in total. The monoisotopic (exact) mass is 113 g/mol. The Labute approximate surface area is 49.4 Å². The fourth-order valence-electron chi connectivity index (χ4n) is 0.867. The number of likely N-dealkylation sites (N-methyl/N-ethyl adjacent to an activating group) is 1. The second kappa shape index (κ2) is 2.29. The van der Waals surface area contributed by atoms with Crippen LogP contribution in [-0.2, 0) is 0 Å². The lowest BCUT2D eigenvalue weighted by atomic mass is 10.3. The molecule has 2 heteroatoms. The first kappa shape index (κ1) is 5.79. The van der Waals surface area contributed by atoms with E-state index in [1.165, 1.54) is 0 Å². The van der Waals surface area contributed by atoms with E-state index in [1.807, 2.05) is 13.1 Å². The van der Waals surface area contributed by atoms with Crippen LogP contribution in [0.25, 0.3) is 0 Å². The summed E-state index contributed by atoms with van der Waals surface area (Å²) in [6.45, 7) is 1.22. The Hall–Kier alpha value is -0.340. The SMILES string of the molecule is CN1CC=C[C@H]1CO. The standard InChI is InChI=1S/C6H11NO/c1-7-4-2-3-6(7)5-8/h2-3,6,8H,4-5H2,1H3/t6-/m0/s1. The molecule has 1 aliphatic rings. The summed E-state index contributed by atoms with van der Waals surface area (Å²) in [5.41, 5.74) is 0. The average molecular weight is 113 g/mol. The van der Waals surface area contributed by atoms with Crippen molar-refractivity contribution >= 4 is 0 Å². The van der Waals surface area contributed by atoms with E-state index in [1.54, 1.807) is 0 Å². The molecule has 1 aliphatic heterocycles. The van der Waals surface area contributed by atoms with Crippen molar-refractivity contribution in [3.8, 4) is 0 Å². The first-order valence-electron chi connectivity index (χ1n) is 2.82. The van der Waals surface area contributed by atoms with Crippen molar-refractivity contribution in [2.24, 2.45) is 0 Å². The van der Waals surface area contributed by atoms with Crippen molar-refractivity contribution in [1.29, 1.82) is 0 Å². The third-order valence-corrected chi connectivity index (χ3v) is 1.50. The third-order valence-electron chi connectivity index (χ3n) is 1.50. The molecular formula is C6H11NO. The number of rotatable bonds is 1. The molecule has 0 amide bonds. The fraction of sp³-hybridized carbons (Fsp3) is 0.667. The Kier molecular flexibility index (Phi) is 1.65. The largest absolute Gasteiger partial charge is 0.394 e. The van der Waals surface area contributed by atoms with Crippen molar-refractivity contribution in [1.82, 2.24) is 4.90 Å². The van der Waals surface area contributed by atoms with Gasteiger partial charge in [0.1, 0.15) is 0 Å². The van der Waals surface area contributed by atoms with Gasteiger partial charge in [-0.05, 0) is 7.05 Å². The van der Waals surface area contributed by atoms with Crippen molar-refractivity contribution in [3.05, 3.63) is 12.2 Å². The Balaban J connectivity index is 2.41. The van der Waals surface area contributed by atoms with E-state index < -0.39 is 0 Å². The number of hydrogen-bond donors (Lipinski definition) is 1. The molecular weight excluding hydrogens is 102 g/mol. The number of aliphatic hydroxyl groups excluding tert-OH is 1. The average Bonchev–Trinajstić information content (AvgIpc) is 2.14. The summed E-state index contributed by atoms with van der Waals surface area (Å²) in [5, 5.41) is 8.64. The molecule has 1 heterocycles. The minimum atomic E-state index is 0.243. The van der Waals surface area contributed by atoms with Crippen LogP contribution in [0.3, 0.4) is 0 Å². The number of hydrogen-bond acceptors (Lipinski definition) is 2. The molecule has 0 unspecified atom stereocenters. The van der Waals surface area contributed by atoms with E-state index in [4.69, 9.17) is 5.11 Å². The molecule has 0 aromatic carbocycles. The maximum absolute atomic E-state index is 8.64. The maximum Gasteiger partial charge on any atom is 0.0622 e. The highest BCUT2D eigenvalue weighted by Crippen LogP contribution is 2.03. The molecule has 0 aromatic heterocycles. The van der Waals surface area contributed by atoms with E-state index in [9.17, 15) is 0 Å². The zero-order chi connectivity index (χ0) is 5.98. The van der Waals surface area contributed by atoms with Crippen LogP contribution in [0.4, 0.5) is 0 Å². The molecule has 2 nitrogen and oxygen atoms in total. The zero-order valence-electron chi connectivity index (χ0n) is 5.04. The molecule has 46 valence electrons. The molecule has 0 radical (unpaired) electrons. The fourth-order valence-corrected chi connectivity index (χ4v) is 0.867. The molecule has 8 heavy (non-hydrogen) atoms. The van der Waals surface area contributed by atoms with E-state index in [2.05, 4.69) is 11.0 Å². The van der Waals surface area contributed by atoms with E-state index in [0.29, 0.717) is 0 Å². The second-order valence-electron chi connectivity index (χ2n) is 2.12. The van der Waals surface area contributed by atoms with Crippen molar-refractivity contribution in [2.45, 2.75) is 6.04 Å². The Morgan fingerprint density at radius 3 is 2.88 bits per heavy atom. The summed E-state index contributed by atoms with van der Waals surface area (Å²) in [7, 11) is 2.00. The van der Waals surface area contributed by atoms with Crippen LogP contribution in [0.1, 0.15) is 0 Å². The lowest BCUT2D eigenvalue weighted by Gasteiger charge is -2.15. The molecule has 1 atom stereocenters. The normalized spacial score (nSPS) is 29.5. The first-order valence-corrected chi connectivity index (χ1v) is 2.82. The molecule has 0 saturated carbocycles. The predicted molar refractivity (Wildman–Crippen MR) is 32.6 cm³/mol. The van der Waals surface area contributed by atoms with Gasteiger partial charge in [-0.3, -0.25) is 4.90 Å². The first-order chi connectivity index (χ1) is 3.84. The van der Waals surface area contributed by atoms with Crippen LogP contribution in [0.15, 0.2) is 12.2 Å². The summed E-state index contributed by atoms with van der Waals surface area (Å²) < 4.78 is 0. The van der Waals surface area contributed by atoms with Gasteiger partial charge in [0.15, 0.2) is 0 Å². The second-order valence-corrected chi connectivity index (χ2v) is 2.12. The molecule has 0 bridgehead atoms. The summed E-state index contributed by atoms with van der Waals surface area (Å²) in [6.07, 6.45) is 4.10. The molecule has 0 aromatic rings. The minimum absolute atomic E-state index is 0.243. The molecule has 0 saturated heterocycles. The molecule has 0 aliphatic carbocycles.